The summed E-state index contributed by atoms with van der Waals surface area (Å²) in [5, 5.41) is 14.8. The van der Waals surface area contributed by atoms with Crippen LogP contribution in [0.2, 0.25) is 10.0 Å². The second kappa shape index (κ2) is 6.55. The van der Waals surface area contributed by atoms with Crippen molar-refractivity contribution in [2.24, 2.45) is 0 Å². The first-order valence-electron chi connectivity index (χ1n) is 5.92. The number of hydrogen-bond acceptors (Lipinski definition) is 6. The molecule has 0 spiro atoms. The van der Waals surface area contributed by atoms with Crippen LogP contribution < -0.4 is 11.1 Å². The first kappa shape index (κ1) is 15.3. The van der Waals surface area contributed by atoms with Gasteiger partial charge in [0.15, 0.2) is 0 Å². The van der Waals surface area contributed by atoms with Crippen molar-refractivity contribution < 1.29 is 4.92 Å². The lowest BCUT2D eigenvalue weighted by molar-refractivity contribution is -0.384. The molecule has 3 N–H and O–H groups in total. The van der Waals surface area contributed by atoms with Gasteiger partial charge in [0.1, 0.15) is 6.20 Å². The molecule has 0 aliphatic carbocycles. The number of benzene rings is 1. The summed E-state index contributed by atoms with van der Waals surface area (Å²) in [7, 11) is 0. The molecular formula is C12H11Cl2N5O2. The van der Waals surface area contributed by atoms with Crippen LogP contribution in [0.25, 0.3) is 0 Å². The lowest BCUT2D eigenvalue weighted by Crippen LogP contribution is -2.10. The molecule has 1 heterocycles. The van der Waals surface area contributed by atoms with Gasteiger partial charge in [-0.1, -0.05) is 29.3 Å². The van der Waals surface area contributed by atoms with Crippen LogP contribution in [-0.2, 0) is 6.42 Å². The third-order valence-corrected chi connectivity index (χ3v) is 3.27. The van der Waals surface area contributed by atoms with Crippen molar-refractivity contribution in [2.75, 3.05) is 17.6 Å². The fourth-order valence-corrected chi connectivity index (χ4v) is 2.20. The molecule has 2 rings (SSSR count). The van der Waals surface area contributed by atoms with E-state index in [-0.39, 0.29) is 17.5 Å². The Morgan fingerprint density at radius 1 is 1.38 bits per heavy atom. The summed E-state index contributed by atoms with van der Waals surface area (Å²) in [5.41, 5.74) is 6.07. The number of nitro groups is 1. The van der Waals surface area contributed by atoms with E-state index in [9.17, 15) is 10.1 Å². The van der Waals surface area contributed by atoms with Gasteiger partial charge in [-0.25, -0.2) is 4.98 Å². The Morgan fingerprint density at radius 3 is 2.81 bits per heavy atom. The molecule has 110 valence electrons. The molecule has 0 unspecified atom stereocenters. The molecule has 0 saturated heterocycles. The topological polar surface area (TPSA) is 107 Å². The second-order valence-corrected chi connectivity index (χ2v) is 4.98. The summed E-state index contributed by atoms with van der Waals surface area (Å²) in [4.78, 5) is 17.7. The van der Waals surface area contributed by atoms with Gasteiger partial charge in [-0.2, -0.15) is 4.98 Å². The van der Waals surface area contributed by atoms with Crippen molar-refractivity contribution in [2.45, 2.75) is 6.42 Å². The maximum atomic E-state index is 10.9. The minimum absolute atomic E-state index is 0.0346. The second-order valence-electron chi connectivity index (χ2n) is 4.13. The Morgan fingerprint density at radius 2 is 2.14 bits per heavy atom. The molecule has 0 amide bonds. The SMILES string of the molecule is Nc1ncc([N+](=O)[O-])c(NCCc2ccc(Cl)cc2Cl)n1. The highest BCUT2D eigenvalue weighted by Crippen LogP contribution is 2.23. The van der Waals surface area contributed by atoms with E-state index in [1.807, 2.05) is 0 Å². The molecule has 9 heteroatoms. The van der Waals surface area contributed by atoms with E-state index >= 15 is 0 Å². The number of anilines is 2. The summed E-state index contributed by atoms with van der Waals surface area (Å²) >= 11 is 11.9. The first-order chi connectivity index (χ1) is 9.97. The van der Waals surface area contributed by atoms with Crippen molar-refractivity contribution in [1.29, 1.82) is 0 Å². The highest BCUT2D eigenvalue weighted by molar-refractivity contribution is 6.35. The van der Waals surface area contributed by atoms with E-state index in [2.05, 4.69) is 15.3 Å². The number of nitrogens with two attached hydrogens (primary N) is 1. The van der Waals surface area contributed by atoms with Crippen molar-refractivity contribution in [3.8, 4) is 0 Å². The van der Waals surface area contributed by atoms with E-state index in [1.54, 1.807) is 18.2 Å². The van der Waals surface area contributed by atoms with Gasteiger partial charge in [-0.05, 0) is 24.1 Å². The summed E-state index contributed by atoms with van der Waals surface area (Å²) in [5.74, 6) is 0.0465. The van der Waals surface area contributed by atoms with E-state index < -0.39 is 4.92 Å². The Balaban J connectivity index is 2.06. The van der Waals surface area contributed by atoms with Crippen LogP contribution in [0.5, 0.6) is 0 Å². The quantitative estimate of drug-likeness (QED) is 0.645. The Kier molecular flexibility index (Phi) is 4.77. The van der Waals surface area contributed by atoms with Crippen molar-refractivity contribution in [3.63, 3.8) is 0 Å². The zero-order valence-corrected chi connectivity index (χ0v) is 12.2. The van der Waals surface area contributed by atoms with Gasteiger partial charge in [-0.15, -0.1) is 0 Å². The molecule has 0 aliphatic rings. The third-order valence-electron chi connectivity index (χ3n) is 2.69. The fourth-order valence-electron chi connectivity index (χ4n) is 1.69. The van der Waals surface area contributed by atoms with Crippen LogP contribution in [0.15, 0.2) is 24.4 Å². The first-order valence-corrected chi connectivity index (χ1v) is 6.67. The maximum absolute atomic E-state index is 10.9. The van der Waals surface area contributed by atoms with Gasteiger partial charge in [0.2, 0.25) is 11.8 Å². The Hall–Kier alpha value is -2.12. The summed E-state index contributed by atoms with van der Waals surface area (Å²) in [6.45, 7) is 0.401. The molecule has 0 bridgehead atoms. The molecule has 0 radical (unpaired) electrons. The molecule has 0 saturated carbocycles. The van der Waals surface area contributed by atoms with Gasteiger partial charge >= 0.3 is 5.69 Å². The van der Waals surface area contributed by atoms with Crippen molar-refractivity contribution >= 4 is 40.7 Å². The average molecular weight is 328 g/mol. The van der Waals surface area contributed by atoms with Gasteiger partial charge in [0, 0.05) is 16.6 Å². The van der Waals surface area contributed by atoms with Crippen molar-refractivity contribution in [3.05, 3.63) is 50.1 Å². The number of nitrogens with one attached hydrogen (secondary N) is 1. The molecule has 21 heavy (non-hydrogen) atoms. The lowest BCUT2D eigenvalue weighted by Gasteiger charge is -2.08. The Bertz CT molecular complexity index is 681. The molecule has 1 aromatic heterocycles. The van der Waals surface area contributed by atoms with Crippen LogP contribution >= 0.6 is 23.2 Å². The van der Waals surface area contributed by atoms with Crippen LogP contribution in [0.3, 0.4) is 0 Å². The fraction of sp³-hybridized carbons (Fsp3) is 0.167. The van der Waals surface area contributed by atoms with Crippen LogP contribution in [0.1, 0.15) is 5.56 Å². The molecule has 0 atom stereocenters. The lowest BCUT2D eigenvalue weighted by atomic mass is 10.1. The minimum Gasteiger partial charge on any atom is -0.368 e. The molecule has 2 aromatic rings. The molecular weight excluding hydrogens is 317 g/mol. The number of nitrogen functional groups attached to an aromatic ring is 1. The monoisotopic (exact) mass is 327 g/mol. The zero-order chi connectivity index (χ0) is 15.4. The smallest absolute Gasteiger partial charge is 0.329 e. The van der Waals surface area contributed by atoms with Gasteiger partial charge in [-0.3, -0.25) is 10.1 Å². The minimum atomic E-state index is -0.572. The van der Waals surface area contributed by atoms with E-state index in [4.69, 9.17) is 28.9 Å². The molecule has 7 nitrogen and oxygen atoms in total. The highest BCUT2D eigenvalue weighted by atomic mass is 35.5. The van der Waals surface area contributed by atoms with Gasteiger partial charge in [0.05, 0.1) is 4.92 Å². The van der Waals surface area contributed by atoms with E-state index in [0.717, 1.165) is 11.8 Å². The maximum Gasteiger partial charge on any atom is 0.329 e. The summed E-state index contributed by atoms with van der Waals surface area (Å²) in [6.07, 6.45) is 1.62. The molecule has 0 aliphatic heterocycles. The number of nitrogens with zero attached hydrogens (tertiary/aromatic N) is 3. The number of rotatable bonds is 5. The third kappa shape index (κ3) is 3.93. The van der Waals surface area contributed by atoms with Crippen LogP contribution in [-0.4, -0.2) is 21.4 Å². The van der Waals surface area contributed by atoms with Crippen LogP contribution in [0, 0.1) is 10.1 Å². The molecule has 1 aromatic carbocycles. The number of hydrogen-bond donors (Lipinski definition) is 2. The normalized spacial score (nSPS) is 10.4. The highest BCUT2D eigenvalue weighted by Gasteiger charge is 2.16. The van der Waals surface area contributed by atoms with E-state index in [0.29, 0.717) is 23.0 Å². The molecule has 0 fully saturated rings. The summed E-state index contributed by atoms with van der Waals surface area (Å²) in [6, 6.07) is 5.17. The number of aromatic nitrogens is 2. The largest absolute Gasteiger partial charge is 0.368 e. The Labute approximate surface area is 130 Å². The average Bonchev–Trinajstić information content (AvgIpc) is 2.41. The van der Waals surface area contributed by atoms with Gasteiger partial charge < -0.3 is 11.1 Å². The van der Waals surface area contributed by atoms with E-state index in [1.165, 1.54) is 0 Å². The number of halogens is 2. The van der Waals surface area contributed by atoms with Crippen LogP contribution in [0.4, 0.5) is 17.5 Å². The predicted molar refractivity (Wildman–Crippen MR) is 81.8 cm³/mol. The van der Waals surface area contributed by atoms with Gasteiger partial charge in [0.25, 0.3) is 0 Å². The summed E-state index contributed by atoms with van der Waals surface area (Å²) < 4.78 is 0. The standard InChI is InChI=1S/C12H11Cl2N5O2/c13-8-2-1-7(9(14)5-8)3-4-16-11-10(19(20)21)6-17-12(15)18-11/h1-2,5-6H,3-4H2,(H3,15,16,17,18). The van der Waals surface area contributed by atoms with Crippen molar-refractivity contribution in [1.82, 2.24) is 9.97 Å². The zero-order valence-electron chi connectivity index (χ0n) is 10.7. The predicted octanol–water partition coefficient (Wildman–Crippen LogP) is 2.93.